The fourth-order valence-electron chi connectivity index (χ4n) is 4.42. The van der Waals surface area contributed by atoms with Gasteiger partial charge < -0.3 is 24.2 Å². The molecule has 4 rings (SSSR count). The Bertz CT molecular complexity index is 1180. The Hall–Kier alpha value is -3.23. The number of carbonyl (C=O) groups is 1. The van der Waals surface area contributed by atoms with Gasteiger partial charge in [-0.05, 0) is 41.5 Å². The van der Waals surface area contributed by atoms with Crippen LogP contribution in [0.2, 0.25) is 0 Å². The quantitative estimate of drug-likeness (QED) is 0.211. The first kappa shape index (κ1) is 32.0. The third-order valence-electron chi connectivity index (χ3n) is 6.39. The Morgan fingerprint density at radius 3 is 2.18 bits per heavy atom. The lowest BCUT2D eigenvalue weighted by Crippen LogP contribution is -2.49. The van der Waals surface area contributed by atoms with Gasteiger partial charge in [-0.1, -0.05) is 54.6 Å². The zero-order chi connectivity index (χ0) is 26.0. The minimum absolute atomic E-state index is 0. The first-order chi connectivity index (χ1) is 18.1. The van der Waals surface area contributed by atoms with Crippen LogP contribution in [-0.4, -0.2) is 75.6 Å². The lowest BCUT2D eigenvalue weighted by molar-refractivity contribution is -0.133. The molecule has 3 aromatic carbocycles. The van der Waals surface area contributed by atoms with Gasteiger partial charge in [-0.2, -0.15) is 0 Å². The van der Waals surface area contributed by atoms with Gasteiger partial charge in [0.05, 0.1) is 25.5 Å². The van der Waals surface area contributed by atoms with Gasteiger partial charge in [-0.3, -0.25) is 4.90 Å². The molecule has 3 aromatic rings. The maximum Gasteiger partial charge on any atom is 0.338 e. The summed E-state index contributed by atoms with van der Waals surface area (Å²) in [4.78, 5) is 16.9. The molecule has 1 heterocycles. The number of hydrogen-bond donors (Lipinski definition) is 1. The molecule has 0 radical (unpaired) electrons. The number of para-hydroxylation sites is 2. The van der Waals surface area contributed by atoms with Crippen molar-refractivity contribution in [3.63, 3.8) is 0 Å². The minimum Gasteiger partial charge on any atom is -0.495 e. The van der Waals surface area contributed by atoms with Gasteiger partial charge in [0.2, 0.25) is 0 Å². The summed E-state index contributed by atoms with van der Waals surface area (Å²) < 4.78 is 16.3. The van der Waals surface area contributed by atoms with E-state index in [4.69, 9.17) is 14.2 Å². The molecule has 1 aliphatic rings. The largest absolute Gasteiger partial charge is 0.495 e. The van der Waals surface area contributed by atoms with E-state index in [0.717, 1.165) is 48.7 Å². The van der Waals surface area contributed by atoms with Crippen molar-refractivity contribution in [1.82, 2.24) is 4.90 Å². The molecule has 0 bridgehead atoms. The lowest BCUT2D eigenvalue weighted by Gasteiger charge is -2.37. The number of hydrogen-bond acceptors (Lipinski definition) is 7. The summed E-state index contributed by atoms with van der Waals surface area (Å²) in [5.41, 5.74) is 3.24. The molecular weight excluding hydrogens is 539 g/mol. The maximum atomic E-state index is 12.3. The molecule has 0 aliphatic carbocycles. The monoisotopic (exact) mass is 574 g/mol. The van der Waals surface area contributed by atoms with E-state index in [0.29, 0.717) is 17.9 Å². The molecule has 0 saturated carbocycles. The van der Waals surface area contributed by atoms with Crippen molar-refractivity contribution >= 4 is 48.1 Å². The van der Waals surface area contributed by atoms with Gasteiger partial charge in [-0.15, -0.1) is 24.8 Å². The average molecular weight is 576 g/mol. The van der Waals surface area contributed by atoms with Crippen molar-refractivity contribution in [2.45, 2.75) is 6.10 Å². The molecule has 7 nitrogen and oxygen atoms in total. The van der Waals surface area contributed by atoms with E-state index in [-0.39, 0.29) is 31.4 Å². The van der Waals surface area contributed by atoms with Crippen molar-refractivity contribution in [1.29, 1.82) is 0 Å². The van der Waals surface area contributed by atoms with Crippen LogP contribution >= 0.6 is 24.8 Å². The molecule has 1 N–H and O–H groups in total. The van der Waals surface area contributed by atoms with Crippen molar-refractivity contribution in [3.8, 4) is 11.5 Å². The second-order valence-electron chi connectivity index (χ2n) is 8.91. The van der Waals surface area contributed by atoms with Gasteiger partial charge >= 0.3 is 5.97 Å². The number of methoxy groups -OCH3 is 2. The van der Waals surface area contributed by atoms with E-state index in [1.54, 1.807) is 13.2 Å². The number of nitrogens with zero attached hydrogens (tertiary/aromatic N) is 2. The Morgan fingerprint density at radius 1 is 0.897 bits per heavy atom. The molecule has 0 aromatic heterocycles. The fourth-order valence-corrected chi connectivity index (χ4v) is 4.42. The summed E-state index contributed by atoms with van der Waals surface area (Å²) >= 11 is 0. The zero-order valence-electron chi connectivity index (χ0n) is 22.2. The third-order valence-corrected chi connectivity index (χ3v) is 6.39. The van der Waals surface area contributed by atoms with Crippen LogP contribution in [0.4, 0.5) is 5.69 Å². The summed E-state index contributed by atoms with van der Waals surface area (Å²) in [6, 6.07) is 24.9. The smallest absolute Gasteiger partial charge is 0.338 e. The van der Waals surface area contributed by atoms with E-state index < -0.39 is 12.1 Å². The molecule has 0 amide bonds. The van der Waals surface area contributed by atoms with Gasteiger partial charge in [0.1, 0.15) is 24.2 Å². The predicted molar refractivity (Wildman–Crippen MR) is 160 cm³/mol. The van der Waals surface area contributed by atoms with Crippen LogP contribution in [0.25, 0.3) is 11.6 Å². The van der Waals surface area contributed by atoms with Crippen molar-refractivity contribution in [2.24, 2.45) is 0 Å². The predicted octanol–water partition coefficient (Wildman–Crippen LogP) is 4.81. The molecule has 1 atom stereocenters. The fraction of sp³-hybridized carbons (Fsp3) is 0.300. The standard InChI is InChI=1S/C30H34N2O5.2ClH/c1-35-29-11-7-6-10-28(29)32-18-16-31(17-19-32)21-25(33)22-37-26-14-12-23(13-15-26)20-27(30(34)36-2)24-8-4-3-5-9-24;;/h3-15,20,25,33H,16-19,21-22H2,1-2H3;2*1H. The summed E-state index contributed by atoms with van der Waals surface area (Å²) in [6.07, 6.45) is 1.20. The molecule has 1 aliphatic heterocycles. The van der Waals surface area contributed by atoms with Crippen molar-refractivity contribution < 1.29 is 24.1 Å². The highest BCUT2D eigenvalue weighted by Crippen LogP contribution is 2.28. The van der Waals surface area contributed by atoms with Crippen LogP contribution in [0.15, 0.2) is 78.9 Å². The van der Waals surface area contributed by atoms with Gasteiger partial charge in [-0.25, -0.2) is 4.79 Å². The number of benzene rings is 3. The number of piperazine rings is 1. The number of β-amino-alcohol motifs (C(OH)–C–C–N with tert-alkyl or cyclic N) is 1. The summed E-state index contributed by atoms with van der Waals surface area (Å²) in [7, 11) is 3.07. The first-order valence-corrected chi connectivity index (χ1v) is 12.4. The van der Waals surface area contributed by atoms with Crippen LogP contribution in [0.3, 0.4) is 0 Å². The number of ether oxygens (including phenoxy) is 3. The molecular formula is C30H36Cl2N2O5. The highest BCUT2D eigenvalue weighted by molar-refractivity contribution is 6.21. The van der Waals surface area contributed by atoms with Gasteiger partial charge in [0.15, 0.2) is 0 Å². The van der Waals surface area contributed by atoms with Crippen LogP contribution in [0, 0.1) is 0 Å². The molecule has 9 heteroatoms. The second kappa shape index (κ2) is 16.0. The van der Waals surface area contributed by atoms with Crippen LogP contribution in [0.1, 0.15) is 11.1 Å². The topological polar surface area (TPSA) is 71.5 Å². The van der Waals surface area contributed by atoms with E-state index in [2.05, 4.69) is 15.9 Å². The highest BCUT2D eigenvalue weighted by atomic mass is 35.5. The summed E-state index contributed by atoms with van der Waals surface area (Å²) in [6.45, 7) is 4.23. The first-order valence-electron chi connectivity index (χ1n) is 12.4. The number of esters is 1. The second-order valence-corrected chi connectivity index (χ2v) is 8.91. The summed E-state index contributed by atoms with van der Waals surface area (Å²) in [5, 5.41) is 10.6. The molecule has 1 saturated heterocycles. The Kier molecular flexibility index (Phi) is 13.1. The normalized spacial score (nSPS) is 14.4. The van der Waals surface area contributed by atoms with Crippen LogP contribution < -0.4 is 14.4 Å². The molecule has 1 fully saturated rings. The Labute approximate surface area is 242 Å². The SMILES string of the molecule is COC(=O)C(=Cc1ccc(OCC(O)CN2CCN(c3ccccc3OC)CC2)cc1)c1ccccc1.Cl.Cl. The van der Waals surface area contributed by atoms with Crippen LogP contribution in [0.5, 0.6) is 11.5 Å². The minimum atomic E-state index is -0.596. The van der Waals surface area contributed by atoms with E-state index >= 15 is 0 Å². The zero-order valence-corrected chi connectivity index (χ0v) is 23.8. The number of rotatable bonds is 10. The number of halogens is 2. The highest BCUT2D eigenvalue weighted by Gasteiger charge is 2.21. The molecule has 1 unspecified atom stereocenters. The number of aliphatic hydroxyl groups is 1. The molecule has 210 valence electrons. The van der Waals surface area contributed by atoms with E-state index in [1.807, 2.05) is 72.8 Å². The Balaban J connectivity index is 0.00000267. The van der Waals surface area contributed by atoms with E-state index in [9.17, 15) is 9.90 Å². The maximum absolute atomic E-state index is 12.3. The van der Waals surface area contributed by atoms with Gasteiger partial charge in [0.25, 0.3) is 0 Å². The lowest BCUT2D eigenvalue weighted by atomic mass is 10.0. The Morgan fingerprint density at radius 2 is 1.54 bits per heavy atom. The van der Waals surface area contributed by atoms with Gasteiger partial charge in [0, 0.05) is 32.7 Å². The average Bonchev–Trinajstić information content (AvgIpc) is 2.96. The van der Waals surface area contributed by atoms with Crippen molar-refractivity contribution in [3.05, 3.63) is 90.0 Å². The third kappa shape index (κ3) is 8.90. The summed E-state index contributed by atoms with van der Waals surface area (Å²) in [5.74, 6) is 1.15. The molecule has 39 heavy (non-hydrogen) atoms. The van der Waals surface area contributed by atoms with E-state index in [1.165, 1.54) is 7.11 Å². The van der Waals surface area contributed by atoms with Crippen LogP contribution in [-0.2, 0) is 9.53 Å². The number of aliphatic hydroxyl groups excluding tert-OH is 1. The van der Waals surface area contributed by atoms with Crippen molar-refractivity contribution in [2.75, 3.05) is 58.5 Å². The number of carbonyl (C=O) groups excluding carboxylic acids is 1. The molecule has 0 spiro atoms. The number of anilines is 1.